The van der Waals surface area contributed by atoms with Crippen LogP contribution in [-0.2, 0) is 9.59 Å². The molecule has 156 valence electrons. The van der Waals surface area contributed by atoms with Crippen molar-refractivity contribution in [1.82, 2.24) is 5.43 Å². The van der Waals surface area contributed by atoms with Gasteiger partial charge < -0.3 is 9.47 Å². The van der Waals surface area contributed by atoms with Gasteiger partial charge in [-0.3, -0.25) is 15.0 Å². The van der Waals surface area contributed by atoms with Crippen molar-refractivity contribution in [3.8, 4) is 11.5 Å². The summed E-state index contributed by atoms with van der Waals surface area (Å²) in [6, 6.07) is 25.9. The Morgan fingerprint density at radius 1 is 0.774 bits per heavy atom. The molecule has 0 spiro atoms. The maximum atomic E-state index is 12.8. The number of amides is 2. The molecule has 0 unspecified atom stereocenters. The van der Waals surface area contributed by atoms with E-state index in [4.69, 9.17) is 9.47 Å². The van der Waals surface area contributed by atoms with Crippen molar-refractivity contribution >= 4 is 23.6 Å². The van der Waals surface area contributed by atoms with Gasteiger partial charge in [-0.05, 0) is 36.4 Å². The van der Waals surface area contributed by atoms with E-state index in [0.29, 0.717) is 36.6 Å². The zero-order chi connectivity index (χ0) is 21.5. The van der Waals surface area contributed by atoms with E-state index in [-0.39, 0.29) is 5.57 Å². The molecule has 0 atom stereocenters. The van der Waals surface area contributed by atoms with Gasteiger partial charge in [0, 0.05) is 12.0 Å². The van der Waals surface area contributed by atoms with Crippen molar-refractivity contribution in [3.63, 3.8) is 0 Å². The summed E-state index contributed by atoms with van der Waals surface area (Å²) < 4.78 is 11.6. The smallest absolute Gasteiger partial charge is 0.282 e. The molecule has 0 aliphatic carbocycles. The summed E-state index contributed by atoms with van der Waals surface area (Å²) in [7, 11) is 0. The third kappa shape index (κ3) is 4.93. The molecule has 1 heterocycles. The summed E-state index contributed by atoms with van der Waals surface area (Å²) >= 11 is 0. The maximum Gasteiger partial charge on any atom is 0.282 e. The van der Waals surface area contributed by atoms with Crippen LogP contribution in [0.15, 0.2) is 90.5 Å². The van der Waals surface area contributed by atoms with E-state index in [9.17, 15) is 9.59 Å². The van der Waals surface area contributed by atoms with Crippen LogP contribution in [0.3, 0.4) is 0 Å². The van der Waals surface area contributed by atoms with Crippen LogP contribution in [0.5, 0.6) is 11.5 Å². The molecule has 0 aromatic heterocycles. The molecule has 6 nitrogen and oxygen atoms in total. The lowest BCUT2D eigenvalue weighted by atomic mass is 10.1. The van der Waals surface area contributed by atoms with Crippen LogP contribution >= 0.6 is 0 Å². The minimum atomic E-state index is -0.445. The Morgan fingerprint density at radius 3 is 2.19 bits per heavy atom. The van der Waals surface area contributed by atoms with Crippen molar-refractivity contribution in [2.75, 3.05) is 18.2 Å². The zero-order valence-corrected chi connectivity index (χ0v) is 16.9. The van der Waals surface area contributed by atoms with Gasteiger partial charge in [0.15, 0.2) is 0 Å². The fourth-order valence-electron chi connectivity index (χ4n) is 3.15. The van der Waals surface area contributed by atoms with Crippen LogP contribution in [0.4, 0.5) is 5.69 Å². The number of carbonyl (C=O) groups excluding carboxylic acids is 2. The lowest BCUT2D eigenvalue weighted by Crippen LogP contribution is -2.35. The summed E-state index contributed by atoms with van der Waals surface area (Å²) in [5, 5.41) is 1.25. The van der Waals surface area contributed by atoms with Crippen molar-refractivity contribution in [1.29, 1.82) is 0 Å². The van der Waals surface area contributed by atoms with Crippen LogP contribution in [0.1, 0.15) is 12.0 Å². The average molecular weight is 414 g/mol. The number of para-hydroxylation sites is 3. The molecule has 2 amide bonds. The molecule has 0 saturated carbocycles. The number of anilines is 1. The number of nitrogens with zero attached hydrogens (tertiary/aromatic N) is 1. The van der Waals surface area contributed by atoms with E-state index >= 15 is 0 Å². The van der Waals surface area contributed by atoms with Gasteiger partial charge in [-0.15, -0.1) is 0 Å². The highest BCUT2D eigenvalue weighted by molar-refractivity contribution is 6.31. The second kappa shape index (κ2) is 9.63. The van der Waals surface area contributed by atoms with Crippen LogP contribution in [-0.4, -0.2) is 25.0 Å². The largest absolute Gasteiger partial charge is 0.493 e. The number of benzene rings is 3. The lowest BCUT2D eigenvalue weighted by Gasteiger charge is -2.14. The van der Waals surface area contributed by atoms with Gasteiger partial charge in [0.25, 0.3) is 11.8 Å². The van der Waals surface area contributed by atoms with Crippen LogP contribution in [0.25, 0.3) is 6.08 Å². The summed E-state index contributed by atoms with van der Waals surface area (Å²) in [4.78, 5) is 25.2. The number of hydrazine groups is 1. The lowest BCUT2D eigenvalue weighted by molar-refractivity contribution is -0.117. The highest BCUT2D eigenvalue weighted by atomic mass is 16.5. The average Bonchev–Trinajstić information content (AvgIpc) is 3.09. The Morgan fingerprint density at radius 2 is 1.42 bits per heavy atom. The highest BCUT2D eigenvalue weighted by Crippen LogP contribution is 2.25. The van der Waals surface area contributed by atoms with E-state index in [1.807, 2.05) is 60.7 Å². The molecule has 1 fully saturated rings. The molecule has 1 N–H and O–H groups in total. The summed E-state index contributed by atoms with van der Waals surface area (Å²) in [5.41, 5.74) is 3.94. The predicted octanol–water partition coefficient (Wildman–Crippen LogP) is 4.00. The first kappa shape index (κ1) is 20.2. The molecule has 6 heteroatoms. The van der Waals surface area contributed by atoms with Gasteiger partial charge in [-0.25, -0.2) is 5.01 Å². The Kier molecular flexibility index (Phi) is 6.28. The van der Waals surface area contributed by atoms with Crippen LogP contribution in [0, 0.1) is 0 Å². The minimum Gasteiger partial charge on any atom is -0.493 e. The first-order chi connectivity index (χ1) is 15.2. The third-order valence-corrected chi connectivity index (χ3v) is 4.68. The van der Waals surface area contributed by atoms with E-state index in [1.165, 1.54) is 5.01 Å². The SMILES string of the molecule is O=C1NN(c2ccccc2)C(=O)C1=Cc1ccccc1OCCCOc1ccccc1. The monoisotopic (exact) mass is 414 g/mol. The molecule has 0 radical (unpaired) electrons. The number of ether oxygens (including phenoxy) is 2. The standard InChI is InChI=1S/C25H22N2O4/c28-24-22(25(29)27(26-24)20-11-3-1-4-12-20)18-19-10-7-8-15-23(19)31-17-9-16-30-21-13-5-2-6-14-21/h1-8,10-15,18H,9,16-17H2,(H,26,28). The van der Waals surface area contributed by atoms with Gasteiger partial charge in [0.05, 0.1) is 18.9 Å². The summed E-state index contributed by atoms with van der Waals surface area (Å²) in [6.07, 6.45) is 2.26. The predicted molar refractivity (Wildman–Crippen MR) is 119 cm³/mol. The van der Waals surface area contributed by atoms with Gasteiger partial charge >= 0.3 is 0 Å². The second-order valence-corrected chi connectivity index (χ2v) is 6.88. The quantitative estimate of drug-likeness (QED) is 0.344. The Balaban J connectivity index is 1.40. The van der Waals surface area contributed by atoms with Gasteiger partial charge in [-0.1, -0.05) is 54.6 Å². The molecule has 1 aliphatic rings. The molecular weight excluding hydrogens is 392 g/mol. The van der Waals surface area contributed by atoms with Gasteiger partial charge in [0.2, 0.25) is 0 Å². The molecule has 0 bridgehead atoms. The van der Waals surface area contributed by atoms with Crippen molar-refractivity contribution < 1.29 is 19.1 Å². The number of hydrogen-bond donors (Lipinski definition) is 1. The van der Waals surface area contributed by atoms with E-state index in [0.717, 1.165) is 5.75 Å². The van der Waals surface area contributed by atoms with Crippen molar-refractivity contribution in [2.24, 2.45) is 0 Å². The first-order valence-corrected chi connectivity index (χ1v) is 10.0. The van der Waals surface area contributed by atoms with Crippen molar-refractivity contribution in [2.45, 2.75) is 6.42 Å². The normalized spacial score (nSPS) is 14.6. The Hall–Kier alpha value is -4.06. The van der Waals surface area contributed by atoms with E-state index < -0.39 is 11.8 Å². The van der Waals surface area contributed by atoms with Crippen LogP contribution in [0.2, 0.25) is 0 Å². The highest BCUT2D eigenvalue weighted by Gasteiger charge is 2.34. The molecule has 3 aromatic rings. The van der Waals surface area contributed by atoms with E-state index in [1.54, 1.807) is 30.3 Å². The molecule has 31 heavy (non-hydrogen) atoms. The first-order valence-electron chi connectivity index (χ1n) is 10.0. The minimum absolute atomic E-state index is 0.0623. The second-order valence-electron chi connectivity index (χ2n) is 6.88. The molecule has 4 rings (SSSR count). The molecule has 1 saturated heterocycles. The summed E-state index contributed by atoms with van der Waals surface area (Å²) in [6.45, 7) is 0.976. The molecular formula is C25H22N2O4. The topological polar surface area (TPSA) is 67.9 Å². The maximum absolute atomic E-state index is 12.8. The number of rotatable bonds is 8. The fraction of sp³-hybridized carbons (Fsp3) is 0.120. The number of hydrogen-bond acceptors (Lipinski definition) is 4. The Labute approximate surface area is 180 Å². The van der Waals surface area contributed by atoms with Crippen LogP contribution < -0.4 is 19.9 Å². The van der Waals surface area contributed by atoms with Crippen molar-refractivity contribution in [3.05, 3.63) is 96.1 Å². The summed E-state index contributed by atoms with van der Waals surface area (Å²) in [5.74, 6) is 0.581. The van der Waals surface area contributed by atoms with Gasteiger partial charge in [0.1, 0.15) is 17.1 Å². The molecule has 1 aliphatic heterocycles. The zero-order valence-electron chi connectivity index (χ0n) is 16.9. The van der Waals surface area contributed by atoms with Gasteiger partial charge in [-0.2, -0.15) is 0 Å². The van der Waals surface area contributed by atoms with E-state index in [2.05, 4.69) is 5.43 Å². The molecule has 3 aromatic carbocycles. The number of carbonyl (C=O) groups is 2. The fourth-order valence-corrected chi connectivity index (χ4v) is 3.15. The Bertz CT molecular complexity index is 1080. The third-order valence-electron chi connectivity index (χ3n) is 4.68. The number of nitrogens with one attached hydrogen (secondary N) is 1.